The number of hydrogen-bond donors (Lipinski definition) is 2. The van der Waals surface area contributed by atoms with E-state index in [0.717, 1.165) is 18.5 Å². The third-order valence-corrected chi connectivity index (χ3v) is 5.75. The molecule has 1 aromatic rings. The summed E-state index contributed by atoms with van der Waals surface area (Å²) in [5.41, 5.74) is 1.37. The van der Waals surface area contributed by atoms with Gasteiger partial charge in [0.25, 0.3) is 0 Å². The normalized spacial score (nSPS) is 12.0. The summed E-state index contributed by atoms with van der Waals surface area (Å²) >= 11 is 0. The minimum absolute atomic E-state index is 0.116. The number of benzene rings is 1. The van der Waals surface area contributed by atoms with Gasteiger partial charge in [0.1, 0.15) is 0 Å². The van der Waals surface area contributed by atoms with Crippen LogP contribution in [0.1, 0.15) is 32.3 Å². The summed E-state index contributed by atoms with van der Waals surface area (Å²) in [6.45, 7) is 6.23. The SMILES string of the molecule is CNCCCC(=O)Nc1cc(S(=O)(=O)N(C)C(C)C)ccc1C. The van der Waals surface area contributed by atoms with Gasteiger partial charge in [-0.1, -0.05) is 6.07 Å². The van der Waals surface area contributed by atoms with Gasteiger partial charge in [0.15, 0.2) is 0 Å². The van der Waals surface area contributed by atoms with Gasteiger partial charge in [0.2, 0.25) is 15.9 Å². The van der Waals surface area contributed by atoms with Gasteiger partial charge >= 0.3 is 0 Å². The van der Waals surface area contributed by atoms with Crippen LogP contribution in [0, 0.1) is 6.92 Å². The lowest BCUT2D eigenvalue weighted by Crippen LogP contribution is -2.33. The molecule has 1 amide bonds. The number of nitrogens with one attached hydrogen (secondary N) is 2. The molecule has 23 heavy (non-hydrogen) atoms. The Hall–Kier alpha value is -1.44. The molecule has 0 heterocycles. The topological polar surface area (TPSA) is 78.5 Å². The molecule has 2 N–H and O–H groups in total. The number of hydrogen-bond acceptors (Lipinski definition) is 4. The van der Waals surface area contributed by atoms with Crippen LogP contribution >= 0.6 is 0 Å². The van der Waals surface area contributed by atoms with Crippen LogP contribution in [0.5, 0.6) is 0 Å². The molecule has 1 aromatic carbocycles. The molecule has 0 atom stereocenters. The zero-order chi connectivity index (χ0) is 17.6. The lowest BCUT2D eigenvalue weighted by molar-refractivity contribution is -0.116. The van der Waals surface area contributed by atoms with E-state index in [9.17, 15) is 13.2 Å². The first-order valence-electron chi connectivity index (χ1n) is 7.73. The largest absolute Gasteiger partial charge is 0.326 e. The third kappa shape index (κ3) is 5.30. The maximum atomic E-state index is 12.5. The van der Waals surface area contributed by atoms with E-state index in [1.54, 1.807) is 19.2 Å². The van der Waals surface area contributed by atoms with Crippen LogP contribution < -0.4 is 10.6 Å². The Morgan fingerprint density at radius 1 is 1.30 bits per heavy atom. The Morgan fingerprint density at radius 3 is 2.52 bits per heavy atom. The molecule has 0 saturated carbocycles. The van der Waals surface area contributed by atoms with Gasteiger partial charge in [-0.2, -0.15) is 4.31 Å². The van der Waals surface area contributed by atoms with Gasteiger partial charge in [-0.15, -0.1) is 0 Å². The molecule has 0 spiro atoms. The van der Waals surface area contributed by atoms with Crippen molar-refractivity contribution < 1.29 is 13.2 Å². The monoisotopic (exact) mass is 341 g/mol. The number of sulfonamides is 1. The number of aryl methyl sites for hydroxylation is 1. The van der Waals surface area contributed by atoms with Crippen LogP contribution in [-0.2, 0) is 14.8 Å². The fourth-order valence-corrected chi connectivity index (χ4v) is 3.37. The minimum Gasteiger partial charge on any atom is -0.326 e. The van der Waals surface area contributed by atoms with E-state index in [4.69, 9.17) is 0 Å². The molecule has 0 aliphatic rings. The fraction of sp³-hybridized carbons (Fsp3) is 0.562. The molecule has 0 fully saturated rings. The predicted octanol–water partition coefficient (Wildman–Crippen LogP) is 1.96. The summed E-state index contributed by atoms with van der Waals surface area (Å²) < 4.78 is 26.4. The first-order chi connectivity index (χ1) is 10.7. The van der Waals surface area contributed by atoms with Crippen molar-refractivity contribution in [3.8, 4) is 0 Å². The molecule has 6 nitrogen and oxygen atoms in total. The first-order valence-corrected chi connectivity index (χ1v) is 9.17. The first kappa shape index (κ1) is 19.6. The lowest BCUT2D eigenvalue weighted by atomic mass is 10.2. The maximum absolute atomic E-state index is 12.5. The second-order valence-corrected chi connectivity index (χ2v) is 7.84. The lowest BCUT2D eigenvalue weighted by Gasteiger charge is -2.21. The van der Waals surface area contributed by atoms with E-state index in [2.05, 4.69) is 10.6 Å². The molecule has 0 saturated heterocycles. The molecule has 0 aliphatic heterocycles. The predicted molar refractivity (Wildman–Crippen MR) is 93.1 cm³/mol. The van der Waals surface area contributed by atoms with Crippen molar-refractivity contribution in [2.45, 2.75) is 44.6 Å². The van der Waals surface area contributed by atoms with E-state index >= 15 is 0 Å². The Morgan fingerprint density at radius 2 is 1.96 bits per heavy atom. The van der Waals surface area contributed by atoms with Crippen LogP contribution in [-0.4, -0.2) is 45.3 Å². The number of carbonyl (C=O) groups excluding carboxylic acids is 1. The van der Waals surface area contributed by atoms with E-state index in [1.807, 2.05) is 27.8 Å². The van der Waals surface area contributed by atoms with Gasteiger partial charge in [0.05, 0.1) is 4.90 Å². The zero-order valence-electron chi connectivity index (χ0n) is 14.5. The molecular weight excluding hydrogens is 314 g/mol. The highest BCUT2D eigenvalue weighted by molar-refractivity contribution is 7.89. The Labute approximate surface area is 139 Å². The number of amides is 1. The Kier molecular flexibility index (Phi) is 7.18. The number of nitrogens with zero attached hydrogens (tertiary/aromatic N) is 1. The summed E-state index contributed by atoms with van der Waals surface area (Å²) in [7, 11) is -0.176. The number of anilines is 1. The minimum atomic E-state index is -3.56. The van der Waals surface area contributed by atoms with Crippen LogP contribution in [0.2, 0.25) is 0 Å². The van der Waals surface area contributed by atoms with Gasteiger partial charge in [-0.25, -0.2) is 8.42 Å². The van der Waals surface area contributed by atoms with E-state index in [1.165, 1.54) is 10.4 Å². The summed E-state index contributed by atoms with van der Waals surface area (Å²) in [6, 6.07) is 4.67. The highest BCUT2D eigenvalue weighted by Crippen LogP contribution is 2.23. The van der Waals surface area contributed by atoms with Crippen molar-refractivity contribution >= 4 is 21.6 Å². The molecule has 0 aromatic heterocycles. The van der Waals surface area contributed by atoms with Gasteiger partial charge in [-0.3, -0.25) is 4.79 Å². The van der Waals surface area contributed by atoms with Gasteiger partial charge in [0, 0.05) is 25.2 Å². The highest BCUT2D eigenvalue weighted by Gasteiger charge is 2.23. The molecule has 130 valence electrons. The van der Waals surface area contributed by atoms with Crippen molar-refractivity contribution in [1.82, 2.24) is 9.62 Å². The van der Waals surface area contributed by atoms with Crippen molar-refractivity contribution in [3.05, 3.63) is 23.8 Å². The third-order valence-electron chi connectivity index (χ3n) is 3.72. The van der Waals surface area contributed by atoms with E-state index in [-0.39, 0.29) is 16.8 Å². The summed E-state index contributed by atoms with van der Waals surface area (Å²) in [5.74, 6) is -0.116. The number of carbonyl (C=O) groups is 1. The zero-order valence-corrected chi connectivity index (χ0v) is 15.3. The van der Waals surface area contributed by atoms with Crippen LogP contribution in [0.3, 0.4) is 0 Å². The fourth-order valence-electron chi connectivity index (χ4n) is 1.98. The van der Waals surface area contributed by atoms with Crippen molar-refractivity contribution in [2.24, 2.45) is 0 Å². The summed E-state index contributed by atoms with van der Waals surface area (Å²) in [4.78, 5) is 12.1. The molecule has 0 aliphatic carbocycles. The van der Waals surface area contributed by atoms with E-state index < -0.39 is 10.0 Å². The number of rotatable bonds is 8. The second-order valence-electron chi connectivity index (χ2n) is 5.85. The molecule has 0 unspecified atom stereocenters. The summed E-state index contributed by atoms with van der Waals surface area (Å²) in [6.07, 6.45) is 1.12. The molecular formula is C16H27N3O3S. The van der Waals surface area contributed by atoms with Gasteiger partial charge < -0.3 is 10.6 Å². The standard InChI is InChI=1S/C16H27N3O3S/c1-12(2)19(5)23(21,22)14-9-8-13(3)15(11-14)18-16(20)7-6-10-17-4/h8-9,11-12,17H,6-7,10H2,1-5H3,(H,18,20). The van der Waals surface area contributed by atoms with Gasteiger partial charge in [-0.05, 0) is 58.5 Å². The quantitative estimate of drug-likeness (QED) is 0.709. The van der Waals surface area contributed by atoms with Crippen LogP contribution in [0.25, 0.3) is 0 Å². The molecule has 7 heteroatoms. The maximum Gasteiger partial charge on any atom is 0.243 e. The average molecular weight is 341 g/mol. The average Bonchev–Trinajstić information content (AvgIpc) is 2.48. The van der Waals surface area contributed by atoms with Crippen LogP contribution in [0.4, 0.5) is 5.69 Å². The smallest absolute Gasteiger partial charge is 0.243 e. The van der Waals surface area contributed by atoms with Crippen LogP contribution in [0.15, 0.2) is 23.1 Å². The highest BCUT2D eigenvalue weighted by atomic mass is 32.2. The Bertz CT molecular complexity index is 642. The summed E-state index contributed by atoms with van der Waals surface area (Å²) in [5, 5.41) is 5.79. The molecule has 0 radical (unpaired) electrons. The van der Waals surface area contributed by atoms with Crippen molar-refractivity contribution in [1.29, 1.82) is 0 Å². The van der Waals surface area contributed by atoms with E-state index in [0.29, 0.717) is 12.1 Å². The molecule has 0 bridgehead atoms. The van der Waals surface area contributed by atoms with Crippen molar-refractivity contribution in [3.63, 3.8) is 0 Å². The van der Waals surface area contributed by atoms with Crippen molar-refractivity contribution in [2.75, 3.05) is 26.0 Å². The Balaban J connectivity index is 2.98. The second kappa shape index (κ2) is 8.42. The molecule has 1 rings (SSSR count).